The molecule has 1 saturated heterocycles. The van der Waals surface area contributed by atoms with Crippen molar-refractivity contribution in [1.82, 2.24) is 14.1 Å². The zero-order chi connectivity index (χ0) is 25.0. The van der Waals surface area contributed by atoms with E-state index in [9.17, 15) is 14.7 Å². The number of fused-ring (bicyclic) bond motifs is 1. The average Bonchev–Trinajstić information content (AvgIpc) is 3.62. The molecular weight excluding hydrogens is 485 g/mol. The predicted molar refractivity (Wildman–Crippen MR) is 133 cm³/mol. The largest absolute Gasteiger partial charge is 0.478 e. The highest BCUT2D eigenvalue weighted by atomic mass is 35.5. The summed E-state index contributed by atoms with van der Waals surface area (Å²) in [6.45, 7) is 1.48. The van der Waals surface area contributed by atoms with E-state index in [-0.39, 0.29) is 11.3 Å². The van der Waals surface area contributed by atoms with E-state index in [2.05, 4.69) is 4.98 Å². The van der Waals surface area contributed by atoms with Gasteiger partial charge >= 0.3 is 11.7 Å². The Morgan fingerprint density at radius 1 is 1.14 bits per heavy atom. The van der Waals surface area contributed by atoms with Crippen molar-refractivity contribution in [3.63, 3.8) is 0 Å². The fourth-order valence-corrected chi connectivity index (χ4v) is 5.55. The minimum atomic E-state index is -1.35. The summed E-state index contributed by atoms with van der Waals surface area (Å²) in [7, 11) is 0. The molecule has 2 aromatic carbocycles. The molecule has 0 spiro atoms. The van der Waals surface area contributed by atoms with Crippen LogP contribution in [-0.2, 0) is 10.3 Å². The molecule has 1 saturated carbocycles. The highest BCUT2D eigenvalue weighted by Crippen LogP contribution is 2.51. The number of carboxylic acids is 1. The van der Waals surface area contributed by atoms with Gasteiger partial charge in [0, 0.05) is 25.0 Å². The van der Waals surface area contributed by atoms with E-state index in [1.165, 1.54) is 28.5 Å². The lowest BCUT2D eigenvalue weighted by atomic mass is 9.92. The number of aromatic carboxylic acids is 1. The van der Waals surface area contributed by atoms with Crippen LogP contribution >= 0.6 is 11.6 Å². The maximum absolute atomic E-state index is 15.3. The van der Waals surface area contributed by atoms with Gasteiger partial charge < -0.3 is 9.84 Å². The Morgan fingerprint density at radius 3 is 2.53 bits per heavy atom. The monoisotopic (exact) mass is 507 g/mol. The van der Waals surface area contributed by atoms with Crippen molar-refractivity contribution >= 4 is 28.7 Å². The number of aromatic nitrogens is 3. The molecule has 1 aliphatic heterocycles. The quantitative estimate of drug-likeness (QED) is 0.405. The van der Waals surface area contributed by atoms with E-state index in [1.807, 2.05) is 24.3 Å². The summed E-state index contributed by atoms with van der Waals surface area (Å²) in [6, 6.07) is 13.8. The van der Waals surface area contributed by atoms with Gasteiger partial charge in [0.1, 0.15) is 5.82 Å². The molecule has 0 bridgehead atoms. The van der Waals surface area contributed by atoms with Crippen LogP contribution in [0.25, 0.3) is 16.9 Å². The molecule has 184 valence electrons. The number of imidazole rings is 1. The summed E-state index contributed by atoms with van der Waals surface area (Å²) in [5.74, 6) is -1.76. The van der Waals surface area contributed by atoms with Crippen molar-refractivity contribution in [3.8, 4) is 5.69 Å². The zero-order valence-corrected chi connectivity index (χ0v) is 20.0. The van der Waals surface area contributed by atoms with E-state index < -0.39 is 22.9 Å². The Bertz CT molecular complexity index is 1550. The first kappa shape index (κ1) is 22.9. The smallest absolute Gasteiger partial charge is 0.338 e. The number of hydrogen-bond acceptors (Lipinski definition) is 4. The van der Waals surface area contributed by atoms with Crippen molar-refractivity contribution < 1.29 is 19.0 Å². The van der Waals surface area contributed by atoms with Crippen LogP contribution in [0.15, 0.2) is 59.5 Å². The summed E-state index contributed by atoms with van der Waals surface area (Å²) in [4.78, 5) is 30.0. The zero-order valence-electron chi connectivity index (χ0n) is 19.3. The van der Waals surface area contributed by atoms with Gasteiger partial charge in [-0.05, 0) is 61.4 Å². The van der Waals surface area contributed by atoms with Crippen LogP contribution in [0, 0.1) is 5.82 Å². The number of halogens is 2. The first-order valence-electron chi connectivity index (χ1n) is 11.9. The Kier molecular flexibility index (Phi) is 5.46. The van der Waals surface area contributed by atoms with Crippen LogP contribution in [0.1, 0.15) is 53.1 Å². The molecule has 1 N–H and O–H groups in total. The van der Waals surface area contributed by atoms with Gasteiger partial charge in [0.05, 0.1) is 27.3 Å². The second kappa shape index (κ2) is 8.57. The van der Waals surface area contributed by atoms with Crippen LogP contribution in [0.4, 0.5) is 4.39 Å². The number of carboxylic acid groups (broad SMARTS) is 1. The van der Waals surface area contributed by atoms with Crippen molar-refractivity contribution in [3.05, 3.63) is 92.7 Å². The SMILES string of the molecule is O=C(O)c1cccc(C2(n3c(=O)n(-c4ccc(C5CCOCC5)cc4)c4cc(Cl)cnc43)CC2)c1F. The molecule has 4 aromatic rings. The molecule has 2 aromatic heterocycles. The fourth-order valence-electron chi connectivity index (χ4n) is 5.40. The summed E-state index contributed by atoms with van der Waals surface area (Å²) in [5, 5.41) is 9.80. The predicted octanol–water partition coefficient (Wildman–Crippen LogP) is 5.11. The fraction of sp³-hybridized carbons (Fsp3) is 0.296. The molecule has 0 unspecified atom stereocenters. The Balaban J connectivity index is 1.52. The summed E-state index contributed by atoms with van der Waals surface area (Å²) in [5.41, 5.74) is 1.09. The summed E-state index contributed by atoms with van der Waals surface area (Å²) in [6.07, 6.45) is 4.35. The molecular formula is C27H23ClFN3O4. The number of carbonyl (C=O) groups is 1. The highest BCUT2D eigenvalue weighted by molar-refractivity contribution is 6.31. The molecule has 1 aliphatic carbocycles. The number of benzene rings is 2. The topological polar surface area (TPSA) is 86.3 Å². The van der Waals surface area contributed by atoms with Crippen molar-refractivity contribution in [2.45, 2.75) is 37.1 Å². The van der Waals surface area contributed by atoms with Gasteiger partial charge in [0.15, 0.2) is 5.65 Å². The second-order valence-electron chi connectivity index (χ2n) is 9.43. The number of nitrogens with zero attached hydrogens (tertiary/aromatic N) is 3. The Hall–Kier alpha value is -3.49. The summed E-state index contributed by atoms with van der Waals surface area (Å²) < 4.78 is 23.8. The van der Waals surface area contributed by atoms with E-state index in [1.54, 1.807) is 16.7 Å². The highest BCUT2D eigenvalue weighted by Gasteiger charge is 2.51. The third-order valence-electron chi connectivity index (χ3n) is 7.38. The van der Waals surface area contributed by atoms with Crippen LogP contribution < -0.4 is 5.69 Å². The van der Waals surface area contributed by atoms with Gasteiger partial charge in [-0.1, -0.05) is 35.9 Å². The lowest BCUT2D eigenvalue weighted by molar-refractivity contribution is 0.0691. The molecule has 6 rings (SSSR count). The van der Waals surface area contributed by atoms with E-state index >= 15 is 4.39 Å². The molecule has 36 heavy (non-hydrogen) atoms. The van der Waals surface area contributed by atoms with Gasteiger partial charge in [0.2, 0.25) is 0 Å². The molecule has 9 heteroatoms. The molecule has 0 atom stereocenters. The Labute approximate surface area is 210 Å². The minimum absolute atomic E-state index is 0.176. The molecule has 2 aliphatic rings. The van der Waals surface area contributed by atoms with Gasteiger partial charge in [-0.15, -0.1) is 0 Å². The normalized spacial score (nSPS) is 17.4. The Morgan fingerprint density at radius 2 is 1.86 bits per heavy atom. The maximum atomic E-state index is 15.3. The van der Waals surface area contributed by atoms with Gasteiger partial charge in [-0.2, -0.15) is 0 Å². The standard InChI is InChI=1S/C27H23ClFN3O4/c28-18-14-22-24(30-15-18)32(27(10-11-27)21-3-1-2-20(23(21)29)25(33)34)26(35)31(22)19-6-4-16(5-7-19)17-8-12-36-13-9-17/h1-7,14-15,17H,8-13H2,(H,33,34). The third-order valence-corrected chi connectivity index (χ3v) is 7.58. The van der Waals surface area contributed by atoms with Crippen molar-refractivity contribution in [2.75, 3.05) is 13.2 Å². The molecule has 7 nitrogen and oxygen atoms in total. The van der Waals surface area contributed by atoms with Crippen LogP contribution in [0.3, 0.4) is 0 Å². The van der Waals surface area contributed by atoms with Crippen LogP contribution in [0.2, 0.25) is 5.02 Å². The lowest BCUT2D eigenvalue weighted by Gasteiger charge is -2.22. The van der Waals surface area contributed by atoms with Crippen LogP contribution in [0.5, 0.6) is 0 Å². The van der Waals surface area contributed by atoms with Crippen molar-refractivity contribution in [2.24, 2.45) is 0 Å². The maximum Gasteiger partial charge on any atom is 0.338 e. The molecule has 3 heterocycles. The van der Waals surface area contributed by atoms with Gasteiger partial charge in [0.25, 0.3) is 0 Å². The number of ether oxygens (including phenoxy) is 1. The first-order chi connectivity index (χ1) is 17.4. The molecule has 2 fully saturated rings. The van der Waals surface area contributed by atoms with Crippen LogP contribution in [-0.4, -0.2) is 38.4 Å². The molecule has 0 amide bonds. The summed E-state index contributed by atoms with van der Waals surface area (Å²) >= 11 is 6.27. The number of pyridine rings is 1. The van der Waals surface area contributed by atoms with Gasteiger partial charge in [-0.3, -0.25) is 9.13 Å². The van der Waals surface area contributed by atoms with E-state index in [0.717, 1.165) is 26.1 Å². The van der Waals surface area contributed by atoms with Gasteiger partial charge in [-0.25, -0.2) is 19.0 Å². The van der Waals surface area contributed by atoms with E-state index in [4.69, 9.17) is 16.3 Å². The minimum Gasteiger partial charge on any atom is -0.478 e. The number of hydrogen-bond donors (Lipinski definition) is 1. The number of rotatable bonds is 5. The lowest BCUT2D eigenvalue weighted by Crippen LogP contribution is -2.33. The first-order valence-corrected chi connectivity index (χ1v) is 12.3. The second-order valence-corrected chi connectivity index (χ2v) is 9.87. The third kappa shape index (κ3) is 3.55. The van der Waals surface area contributed by atoms with E-state index in [0.29, 0.717) is 40.6 Å². The van der Waals surface area contributed by atoms with Crippen molar-refractivity contribution in [1.29, 1.82) is 0 Å². The molecule has 0 radical (unpaired) electrons. The average molecular weight is 508 g/mol.